The SMILES string of the molecule is CN=C(NCCC(=O)Nc1ccc(C)cn1)NC(C)CCC(C)(C)C. The van der Waals surface area contributed by atoms with Crippen molar-refractivity contribution in [3.05, 3.63) is 23.9 Å². The number of hydrogen-bond donors (Lipinski definition) is 3. The summed E-state index contributed by atoms with van der Waals surface area (Å²) in [6.07, 6.45) is 4.30. The highest BCUT2D eigenvalue weighted by Gasteiger charge is 2.13. The van der Waals surface area contributed by atoms with Gasteiger partial charge in [0.15, 0.2) is 5.96 Å². The number of pyridine rings is 1. The summed E-state index contributed by atoms with van der Waals surface area (Å²) < 4.78 is 0. The number of carbonyl (C=O) groups excluding carboxylic acids is 1. The summed E-state index contributed by atoms with van der Waals surface area (Å²) in [5, 5.41) is 9.33. The number of rotatable bonds is 7. The van der Waals surface area contributed by atoms with Gasteiger partial charge in [0.2, 0.25) is 5.91 Å². The zero-order valence-corrected chi connectivity index (χ0v) is 16.4. The van der Waals surface area contributed by atoms with E-state index in [0.29, 0.717) is 30.2 Å². The Bertz CT molecular complexity index is 560. The van der Waals surface area contributed by atoms with Crippen LogP contribution in [0.15, 0.2) is 23.3 Å². The summed E-state index contributed by atoms with van der Waals surface area (Å²) in [4.78, 5) is 20.3. The van der Waals surface area contributed by atoms with Crippen molar-refractivity contribution in [2.45, 2.75) is 59.9 Å². The van der Waals surface area contributed by atoms with Crippen LogP contribution < -0.4 is 16.0 Å². The average molecular weight is 348 g/mol. The lowest BCUT2D eigenvalue weighted by atomic mass is 9.89. The lowest BCUT2D eigenvalue weighted by Crippen LogP contribution is -2.43. The maximum atomic E-state index is 12.0. The number of anilines is 1. The first kappa shape index (κ1) is 20.9. The second kappa shape index (κ2) is 10.0. The van der Waals surface area contributed by atoms with Gasteiger partial charge in [0.05, 0.1) is 0 Å². The molecule has 0 bridgehead atoms. The van der Waals surface area contributed by atoms with Crippen molar-refractivity contribution in [2.24, 2.45) is 10.4 Å². The van der Waals surface area contributed by atoms with Gasteiger partial charge in [-0.3, -0.25) is 9.79 Å². The zero-order valence-electron chi connectivity index (χ0n) is 16.4. The minimum Gasteiger partial charge on any atom is -0.356 e. The van der Waals surface area contributed by atoms with E-state index in [-0.39, 0.29) is 5.91 Å². The van der Waals surface area contributed by atoms with Crippen LogP contribution in [0.5, 0.6) is 0 Å². The summed E-state index contributed by atoms with van der Waals surface area (Å²) in [6.45, 7) is 11.4. The lowest BCUT2D eigenvalue weighted by Gasteiger charge is -2.23. The normalized spacial score (nSPS) is 13.3. The van der Waals surface area contributed by atoms with Gasteiger partial charge in [-0.15, -0.1) is 0 Å². The van der Waals surface area contributed by atoms with Crippen molar-refractivity contribution in [3.63, 3.8) is 0 Å². The van der Waals surface area contributed by atoms with E-state index in [9.17, 15) is 4.79 Å². The first-order chi connectivity index (χ1) is 11.7. The van der Waals surface area contributed by atoms with Crippen molar-refractivity contribution < 1.29 is 4.79 Å². The van der Waals surface area contributed by atoms with Crippen molar-refractivity contribution in [1.29, 1.82) is 0 Å². The van der Waals surface area contributed by atoms with E-state index in [1.54, 1.807) is 19.3 Å². The lowest BCUT2D eigenvalue weighted by molar-refractivity contribution is -0.116. The maximum Gasteiger partial charge on any atom is 0.227 e. The molecule has 0 aliphatic carbocycles. The Hall–Kier alpha value is -2.11. The average Bonchev–Trinajstić information content (AvgIpc) is 2.53. The van der Waals surface area contributed by atoms with Gasteiger partial charge in [0, 0.05) is 32.3 Å². The van der Waals surface area contributed by atoms with Crippen molar-refractivity contribution in [2.75, 3.05) is 18.9 Å². The Morgan fingerprint density at radius 3 is 2.60 bits per heavy atom. The van der Waals surface area contributed by atoms with E-state index >= 15 is 0 Å². The summed E-state index contributed by atoms with van der Waals surface area (Å²) in [7, 11) is 1.74. The van der Waals surface area contributed by atoms with Gasteiger partial charge in [-0.25, -0.2) is 4.98 Å². The fourth-order valence-corrected chi connectivity index (χ4v) is 2.19. The minimum atomic E-state index is -0.0694. The molecule has 0 spiro atoms. The molecule has 0 aliphatic rings. The third kappa shape index (κ3) is 9.69. The van der Waals surface area contributed by atoms with Crippen molar-refractivity contribution in [1.82, 2.24) is 15.6 Å². The Labute approximate surface area is 151 Å². The number of guanidine groups is 1. The van der Waals surface area contributed by atoms with Gasteiger partial charge in [0.25, 0.3) is 0 Å². The molecule has 1 rings (SSSR count). The minimum absolute atomic E-state index is 0.0694. The van der Waals surface area contributed by atoms with Gasteiger partial charge >= 0.3 is 0 Å². The van der Waals surface area contributed by atoms with Crippen LogP contribution in [0.3, 0.4) is 0 Å². The van der Waals surface area contributed by atoms with Gasteiger partial charge in [-0.1, -0.05) is 26.8 Å². The molecular weight excluding hydrogens is 314 g/mol. The van der Waals surface area contributed by atoms with Crippen LogP contribution in [0.4, 0.5) is 5.82 Å². The van der Waals surface area contributed by atoms with Crippen molar-refractivity contribution in [3.8, 4) is 0 Å². The monoisotopic (exact) mass is 347 g/mol. The van der Waals surface area contributed by atoms with Crippen LogP contribution in [0.25, 0.3) is 0 Å². The van der Waals surface area contributed by atoms with E-state index in [0.717, 1.165) is 24.4 Å². The van der Waals surface area contributed by atoms with Gasteiger partial charge in [0.1, 0.15) is 5.82 Å². The fraction of sp³-hybridized carbons (Fsp3) is 0.632. The molecule has 1 unspecified atom stereocenters. The molecule has 1 amide bonds. The highest BCUT2D eigenvalue weighted by atomic mass is 16.1. The molecule has 1 heterocycles. The Kier molecular flexibility index (Phi) is 8.38. The predicted octanol–water partition coefficient (Wildman–Crippen LogP) is 3.10. The Morgan fingerprint density at radius 2 is 2.04 bits per heavy atom. The smallest absolute Gasteiger partial charge is 0.227 e. The molecule has 6 heteroatoms. The summed E-state index contributed by atoms with van der Waals surface area (Å²) in [5.74, 6) is 1.23. The molecule has 0 aliphatic heterocycles. The Balaban J connectivity index is 2.30. The van der Waals surface area contributed by atoms with Crippen LogP contribution in [-0.2, 0) is 4.79 Å². The van der Waals surface area contributed by atoms with Crippen LogP contribution in [0.2, 0.25) is 0 Å². The van der Waals surface area contributed by atoms with Gasteiger partial charge < -0.3 is 16.0 Å². The van der Waals surface area contributed by atoms with E-state index < -0.39 is 0 Å². The third-order valence-electron chi connectivity index (χ3n) is 3.76. The highest BCUT2D eigenvalue weighted by Crippen LogP contribution is 2.21. The molecule has 0 radical (unpaired) electrons. The summed E-state index contributed by atoms with van der Waals surface area (Å²) in [6, 6.07) is 4.06. The molecule has 3 N–H and O–H groups in total. The number of aryl methyl sites for hydroxylation is 1. The molecule has 0 fully saturated rings. The van der Waals surface area contributed by atoms with Crippen molar-refractivity contribution >= 4 is 17.7 Å². The quantitative estimate of drug-likeness (QED) is 0.523. The predicted molar refractivity (Wildman–Crippen MR) is 105 cm³/mol. The molecular formula is C19H33N5O. The van der Waals surface area contributed by atoms with Crippen LogP contribution >= 0.6 is 0 Å². The molecule has 1 aromatic rings. The maximum absolute atomic E-state index is 12.0. The number of amides is 1. The largest absolute Gasteiger partial charge is 0.356 e. The molecule has 0 aromatic carbocycles. The van der Waals surface area contributed by atoms with Crippen LogP contribution in [0.1, 0.15) is 52.5 Å². The van der Waals surface area contributed by atoms with Gasteiger partial charge in [-0.2, -0.15) is 0 Å². The van der Waals surface area contributed by atoms with Crippen LogP contribution in [-0.4, -0.2) is 36.5 Å². The second-order valence-corrected chi connectivity index (χ2v) is 7.66. The van der Waals surface area contributed by atoms with E-state index in [2.05, 4.69) is 53.6 Å². The summed E-state index contributed by atoms with van der Waals surface area (Å²) >= 11 is 0. The fourth-order valence-electron chi connectivity index (χ4n) is 2.19. The number of carbonyl (C=O) groups is 1. The van der Waals surface area contributed by atoms with E-state index in [1.807, 2.05) is 13.0 Å². The molecule has 0 saturated carbocycles. The summed E-state index contributed by atoms with van der Waals surface area (Å²) in [5.41, 5.74) is 1.39. The molecule has 6 nitrogen and oxygen atoms in total. The molecule has 0 saturated heterocycles. The zero-order chi connectivity index (χ0) is 18.9. The third-order valence-corrected chi connectivity index (χ3v) is 3.76. The topological polar surface area (TPSA) is 78.4 Å². The first-order valence-electron chi connectivity index (χ1n) is 8.89. The molecule has 25 heavy (non-hydrogen) atoms. The number of nitrogens with zero attached hydrogens (tertiary/aromatic N) is 2. The number of aromatic nitrogens is 1. The van der Waals surface area contributed by atoms with E-state index in [4.69, 9.17) is 0 Å². The molecule has 140 valence electrons. The molecule has 1 atom stereocenters. The Morgan fingerprint density at radius 1 is 1.32 bits per heavy atom. The van der Waals surface area contributed by atoms with Gasteiger partial charge in [-0.05, 0) is 43.7 Å². The second-order valence-electron chi connectivity index (χ2n) is 7.66. The molecule has 1 aromatic heterocycles. The first-order valence-corrected chi connectivity index (χ1v) is 8.89. The van der Waals surface area contributed by atoms with Crippen LogP contribution in [0, 0.1) is 12.3 Å². The number of hydrogen-bond acceptors (Lipinski definition) is 3. The number of aliphatic imine (C=N–C) groups is 1. The van der Waals surface area contributed by atoms with E-state index in [1.165, 1.54) is 0 Å². The highest BCUT2D eigenvalue weighted by molar-refractivity contribution is 5.90. The standard InChI is InChI=1S/C19H33N5O/c1-14-7-8-16(22-13-14)24-17(25)10-12-21-18(20-6)23-15(2)9-11-19(3,4)5/h7-8,13,15H,9-12H2,1-6H3,(H2,20,21,23)(H,22,24,25). The number of nitrogens with one attached hydrogen (secondary N) is 3.